The number of thiophene rings is 2. The maximum Gasteiger partial charge on any atom is 0.326 e. The zero-order valence-electron chi connectivity index (χ0n) is 17.7. The number of aromatic nitrogens is 1. The van der Waals surface area contributed by atoms with Gasteiger partial charge in [-0.15, -0.1) is 22.7 Å². The van der Waals surface area contributed by atoms with Crippen LogP contribution in [0.5, 0.6) is 0 Å². The second-order valence-electron chi connectivity index (χ2n) is 6.92. The van der Waals surface area contributed by atoms with Crippen LogP contribution in [0.25, 0.3) is 10.6 Å². The zero-order valence-corrected chi connectivity index (χ0v) is 20.1. The molecule has 0 unspecified atom stereocenters. The van der Waals surface area contributed by atoms with Gasteiger partial charge in [0.1, 0.15) is 15.1 Å². The molecule has 0 radical (unpaired) electrons. The molecule has 34 heavy (non-hydrogen) atoms. The van der Waals surface area contributed by atoms with Gasteiger partial charge in [-0.1, -0.05) is 6.07 Å². The normalized spacial score (nSPS) is 12.0. The topological polar surface area (TPSA) is 190 Å². The molecule has 11 nitrogen and oxygen atoms in total. The molecule has 0 saturated carbocycles. The van der Waals surface area contributed by atoms with E-state index in [1.54, 1.807) is 30.5 Å². The molecular weight excluding hydrogens is 500 g/mol. The summed E-state index contributed by atoms with van der Waals surface area (Å²) in [5, 5.41) is 13.4. The third kappa shape index (κ3) is 6.52. The van der Waals surface area contributed by atoms with Gasteiger partial charge in [-0.2, -0.15) is 0 Å². The van der Waals surface area contributed by atoms with Crippen LogP contribution in [0.4, 0.5) is 5.69 Å². The number of carbonyl (C=O) groups excluding carboxylic acids is 1. The van der Waals surface area contributed by atoms with Crippen LogP contribution >= 0.6 is 22.7 Å². The summed E-state index contributed by atoms with van der Waals surface area (Å²) in [6.07, 6.45) is 2.04. The van der Waals surface area contributed by atoms with Gasteiger partial charge in [-0.05, 0) is 48.6 Å². The smallest absolute Gasteiger partial charge is 0.326 e. The standard InChI is InChI=1S/C20H22N6O5S3/c21-20(22)24-10-3-5-14(19(28)29)25-18(27)17-13(8-11-32-17)26-34(30,31)16-7-6-15(33-16)12-4-1-2-9-23-12/h1-2,4,6-9,11,14,26H,3,5,10H2,(H,25,27)(H,28,29)(H4,21,22,24)/t14-/m0/s1. The number of carbonyl (C=O) groups is 2. The van der Waals surface area contributed by atoms with E-state index in [9.17, 15) is 23.1 Å². The lowest BCUT2D eigenvalue weighted by atomic mass is 10.1. The van der Waals surface area contributed by atoms with Crippen LogP contribution in [-0.4, -0.2) is 48.9 Å². The zero-order chi connectivity index (χ0) is 24.7. The van der Waals surface area contributed by atoms with Crippen molar-refractivity contribution < 1.29 is 23.1 Å². The van der Waals surface area contributed by atoms with Gasteiger partial charge < -0.3 is 21.9 Å². The van der Waals surface area contributed by atoms with Gasteiger partial charge in [0, 0.05) is 12.7 Å². The van der Waals surface area contributed by atoms with Crippen molar-refractivity contribution in [3.8, 4) is 10.6 Å². The number of guanidine groups is 1. The highest BCUT2D eigenvalue weighted by Crippen LogP contribution is 2.32. The number of amides is 1. The fourth-order valence-corrected chi connectivity index (χ4v) is 6.03. The molecule has 3 heterocycles. The van der Waals surface area contributed by atoms with E-state index in [1.807, 2.05) is 0 Å². The fraction of sp³-hybridized carbons (Fsp3) is 0.200. The second-order valence-corrected chi connectivity index (χ2v) is 10.8. The van der Waals surface area contributed by atoms with Gasteiger partial charge in [-0.3, -0.25) is 19.5 Å². The summed E-state index contributed by atoms with van der Waals surface area (Å²) in [4.78, 5) is 33.0. The van der Waals surface area contributed by atoms with E-state index in [4.69, 9.17) is 11.5 Å². The minimum atomic E-state index is -3.98. The molecule has 1 amide bonds. The first-order chi connectivity index (χ1) is 16.2. The van der Waals surface area contributed by atoms with Gasteiger partial charge in [0.25, 0.3) is 15.9 Å². The monoisotopic (exact) mass is 522 g/mol. The lowest BCUT2D eigenvalue weighted by Gasteiger charge is -2.14. The molecule has 0 saturated heterocycles. The largest absolute Gasteiger partial charge is 0.480 e. The first-order valence-electron chi connectivity index (χ1n) is 9.88. The molecule has 0 aliphatic heterocycles. The molecule has 3 rings (SSSR count). The van der Waals surface area contributed by atoms with Gasteiger partial charge in [-0.25, -0.2) is 13.2 Å². The summed E-state index contributed by atoms with van der Waals surface area (Å²) in [7, 11) is -3.98. The molecular formula is C20H22N6O5S3. The molecule has 0 aliphatic carbocycles. The van der Waals surface area contributed by atoms with E-state index in [-0.39, 0.29) is 33.7 Å². The number of carboxylic acids is 1. The highest BCUT2D eigenvalue weighted by Gasteiger charge is 2.25. The number of aliphatic carboxylic acids is 1. The van der Waals surface area contributed by atoms with E-state index in [1.165, 1.54) is 17.5 Å². The summed E-state index contributed by atoms with van der Waals surface area (Å²) in [5.41, 5.74) is 11.2. The van der Waals surface area contributed by atoms with Crippen molar-refractivity contribution in [1.29, 1.82) is 0 Å². The number of carboxylic acid groups (broad SMARTS) is 1. The van der Waals surface area contributed by atoms with Crippen molar-refractivity contribution in [2.24, 2.45) is 16.5 Å². The molecule has 0 aromatic carbocycles. The Hall–Kier alpha value is -3.49. The third-order valence-electron chi connectivity index (χ3n) is 4.43. The Morgan fingerprint density at radius 2 is 1.97 bits per heavy atom. The van der Waals surface area contributed by atoms with Crippen molar-refractivity contribution in [3.05, 3.63) is 52.9 Å². The Labute approximate surface area is 203 Å². The highest BCUT2D eigenvalue weighted by atomic mass is 32.2. The lowest BCUT2D eigenvalue weighted by Crippen LogP contribution is -2.40. The quantitative estimate of drug-likeness (QED) is 0.143. The van der Waals surface area contributed by atoms with Crippen molar-refractivity contribution in [3.63, 3.8) is 0 Å². The van der Waals surface area contributed by atoms with Crippen LogP contribution in [0.2, 0.25) is 0 Å². The molecule has 0 spiro atoms. The fourth-order valence-electron chi connectivity index (χ4n) is 2.86. The summed E-state index contributed by atoms with van der Waals surface area (Å²) < 4.78 is 28.3. The van der Waals surface area contributed by atoms with E-state index in [0.717, 1.165) is 22.7 Å². The molecule has 0 bridgehead atoms. The van der Waals surface area contributed by atoms with Gasteiger partial charge in [0.05, 0.1) is 16.3 Å². The molecule has 0 fully saturated rings. The van der Waals surface area contributed by atoms with E-state index in [2.05, 4.69) is 20.0 Å². The summed E-state index contributed by atoms with van der Waals surface area (Å²) in [6.45, 7) is 0.216. The predicted molar refractivity (Wildman–Crippen MR) is 131 cm³/mol. The number of rotatable bonds is 11. The minimum absolute atomic E-state index is 0.0422. The number of sulfonamides is 1. The molecule has 180 valence electrons. The predicted octanol–water partition coefficient (Wildman–Crippen LogP) is 1.91. The average Bonchev–Trinajstić information content (AvgIpc) is 3.46. The molecule has 3 aromatic rings. The maximum atomic E-state index is 12.9. The SMILES string of the molecule is NC(N)=NCCC[C@H](NC(=O)c1sccc1NS(=O)(=O)c1ccc(-c2ccccn2)s1)C(=O)O. The molecule has 14 heteroatoms. The number of nitrogens with zero attached hydrogens (tertiary/aromatic N) is 2. The Balaban J connectivity index is 1.71. The van der Waals surface area contributed by atoms with Gasteiger partial charge >= 0.3 is 5.97 Å². The van der Waals surface area contributed by atoms with Crippen LogP contribution < -0.4 is 21.5 Å². The minimum Gasteiger partial charge on any atom is -0.480 e. The third-order valence-corrected chi connectivity index (χ3v) is 8.31. The summed E-state index contributed by atoms with van der Waals surface area (Å²) >= 11 is 2.03. The maximum absolute atomic E-state index is 12.9. The van der Waals surface area contributed by atoms with E-state index >= 15 is 0 Å². The molecule has 3 aromatic heterocycles. The van der Waals surface area contributed by atoms with E-state index < -0.39 is 27.9 Å². The van der Waals surface area contributed by atoms with Gasteiger partial charge in [0.2, 0.25) is 0 Å². The average molecular weight is 523 g/mol. The highest BCUT2D eigenvalue weighted by molar-refractivity contribution is 7.94. The number of pyridine rings is 1. The number of hydrogen-bond acceptors (Lipinski definition) is 8. The van der Waals surface area contributed by atoms with Crippen LogP contribution in [0.3, 0.4) is 0 Å². The second kappa shape index (κ2) is 11.1. The van der Waals surface area contributed by atoms with Crippen LogP contribution in [0.15, 0.2) is 57.2 Å². The number of nitrogens with one attached hydrogen (secondary N) is 2. The number of nitrogens with two attached hydrogens (primary N) is 2. The first kappa shape index (κ1) is 25.1. The molecule has 7 N–H and O–H groups in total. The Morgan fingerprint density at radius 1 is 1.18 bits per heavy atom. The van der Waals surface area contributed by atoms with Crippen molar-refractivity contribution >= 4 is 56.2 Å². The molecule has 0 aliphatic rings. The Bertz CT molecular complexity index is 1280. The Morgan fingerprint density at radius 3 is 2.65 bits per heavy atom. The van der Waals surface area contributed by atoms with Gasteiger partial charge in [0.15, 0.2) is 5.96 Å². The van der Waals surface area contributed by atoms with Crippen molar-refractivity contribution in [2.45, 2.75) is 23.1 Å². The summed E-state index contributed by atoms with van der Waals surface area (Å²) in [5.74, 6) is -2.04. The van der Waals surface area contributed by atoms with Crippen LogP contribution in [0.1, 0.15) is 22.5 Å². The first-order valence-corrected chi connectivity index (χ1v) is 13.1. The number of hydrogen-bond donors (Lipinski definition) is 5. The number of aliphatic imine (C=N–C) groups is 1. The van der Waals surface area contributed by atoms with E-state index in [0.29, 0.717) is 17.0 Å². The van der Waals surface area contributed by atoms with Crippen molar-refractivity contribution in [2.75, 3.05) is 11.3 Å². The summed E-state index contributed by atoms with van der Waals surface area (Å²) in [6, 6.07) is 8.70. The Kier molecular flexibility index (Phi) is 8.20. The number of anilines is 1. The van der Waals surface area contributed by atoms with Crippen LogP contribution in [-0.2, 0) is 14.8 Å². The lowest BCUT2D eigenvalue weighted by molar-refractivity contribution is -0.139. The van der Waals surface area contributed by atoms with Crippen LogP contribution in [0, 0.1) is 0 Å². The molecule has 1 atom stereocenters. The van der Waals surface area contributed by atoms with Crippen molar-refractivity contribution in [1.82, 2.24) is 10.3 Å².